The van der Waals surface area contributed by atoms with Gasteiger partial charge in [-0.25, -0.2) is 0 Å². The SMILES string of the molecule is CCC(C)(C#N)C(=O)NCC1CCCC(C)C1. The Hall–Kier alpha value is -1.04. The molecule has 0 aromatic heterocycles. The van der Waals surface area contributed by atoms with E-state index in [1.165, 1.54) is 25.7 Å². The highest BCUT2D eigenvalue weighted by molar-refractivity contribution is 5.84. The molecule has 0 heterocycles. The number of nitriles is 1. The van der Waals surface area contributed by atoms with Crippen LogP contribution in [0.4, 0.5) is 0 Å². The second kappa shape index (κ2) is 6.05. The Balaban J connectivity index is 2.40. The van der Waals surface area contributed by atoms with E-state index in [1.807, 2.05) is 6.92 Å². The summed E-state index contributed by atoms with van der Waals surface area (Å²) in [7, 11) is 0. The quantitative estimate of drug-likeness (QED) is 0.816. The van der Waals surface area contributed by atoms with Crippen LogP contribution in [-0.4, -0.2) is 12.5 Å². The first-order chi connectivity index (χ1) is 8.01. The highest BCUT2D eigenvalue weighted by Gasteiger charge is 2.31. The molecule has 1 rings (SSSR count). The van der Waals surface area contributed by atoms with Crippen LogP contribution in [0.15, 0.2) is 0 Å². The Kier molecular flexibility index (Phi) is 4.99. The van der Waals surface area contributed by atoms with Gasteiger partial charge in [0.2, 0.25) is 5.91 Å². The summed E-state index contributed by atoms with van der Waals surface area (Å²) in [5.74, 6) is 1.27. The average molecular weight is 236 g/mol. The van der Waals surface area contributed by atoms with Gasteiger partial charge in [-0.15, -0.1) is 0 Å². The lowest BCUT2D eigenvalue weighted by Gasteiger charge is -2.28. The number of rotatable bonds is 4. The normalized spacial score (nSPS) is 27.9. The molecule has 0 aromatic carbocycles. The van der Waals surface area contributed by atoms with Crippen LogP contribution in [0.1, 0.15) is 52.9 Å². The first kappa shape index (κ1) is 14.0. The van der Waals surface area contributed by atoms with Gasteiger partial charge in [0.05, 0.1) is 6.07 Å². The number of hydrogen-bond donors (Lipinski definition) is 1. The fraction of sp³-hybridized carbons (Fsp3) is 0.857. The summed E-state index contributed by atoms with van der Waals surface area (Å²) in [5, 5.41) is 12.0. The molecule has 0 saturated heterocycles. The maximum atomic E-state index is 11.9. The standard InChI is InChI=1S/C14H24N2O/c1-4-14(3,10-15)13(17)16-9-12-7-5-6-11(2)8-12/h11-12H,4-9H2,1-3H3,(H,16,17). The molecule has 17 heavy (non-hydrogen) atoms. The van der Waals surface area contributed by atoms with Crippen molar-refractivity contribution in [2.45, 2.75) is 52.9 Å². The van der Waals surface area contributed by atoms with Gasteiger partial charge in [0.25, 0.3) is 0 Å². The van der Waals surface area contributed by atoms with Gasteiger partial charge >= 0.3 is 0 Å². The van der Waals surface area contributed by atoms with Crippen molar-refractivity contribution in [1.29, 1.82) is 5.26 Å². The summed E-state index contributed by atoms with van der Waals surface area (Å²) in [4.78, 5) is 11.9. The van der Waals surface area contributed by atoms with Crippen molar-refractivity contribution in [2.24, 2.45) is 17.3 Å². The molecule has 3 nitrogen and oxygen atoms in total. The molecule has 1 N–H and O–H groups in total. The molecule has 3 heteroatoms. The minimum Gasteiger partial charge on any atom is -0.354 e. The van der Waals surface area contributed by atoms with Gasteiger partial charge in [0.15, 0.2) is 0 Å². The van der Waals surface area contributed by atoms with Crippen LogP contribution < -0.4 is 5.32 Å². The number of hydrogen-bond acceptors (Lipinski definition) is 2. The van der Waals surface area contributed by atoms with E-state index in [-0.39, 0.29) is 5.91 Å². The largest absolute Gasteiger partial charge is 0.354 e. The summed E-state index contributed by atoms with van der Waals surface area (Å²) in [6.45, 7) is 6.61. The molecule has 0 aliphatic heterocycles. The molecular weight excluding hydrogens is 212 g/mol. The minimum absolute atomic E-state index is 0.110. The van der Waals surface area contributed by atoms with Gasteiger partial charge in [0, 0.05) is 6.54 Å². The number of nitrogens with one attached hydrogen (secondary N) is 1. The molecule has 0 bridgehead atoms. The van der Waals surface area contributed by atoms with Crippen molar-refractivity contribution in [3.63, 3.8) is 0 Å². The molecule has 1 fully saturated rings. The smallest absolute Gasteiger partial charge is 0.240 e. The molecule has 0 radical (unpaired) electrons. The van der Waals surface area contributed by atoms with Gasteiger partial charge in [-0.2, -0.15) is 5.26 Å². The zero-order valence-electron chi connectivity index (χ0n) is 11.3. The third-order valence-corrected chi connectivity index (χ3v) is 4.05. The Morgan fingerprint density at radius 3 is 2.76 bits per heavy atom. The monoisotopic (exact) mass is 236 g/mol. The fourth-order valence-corrected chi connectivity index (χ4v) is 2.47. The van der Waals surface area contributed by atoms with Crippen molar-refractivity contribution in [2.75, 3.05) is 6.54 Å². The van der Waals surface area contributed by atoms with E-state index in [1.54, 1.807) is 6.92 Å². The van der Waals surface area contributed by atoms with Gasteiger partial charge in [0.1, 0.15) is 5.41 Å². The molecule has 3 unspecified atom stereocenters. The van der Waals surface area contributed by atoms with E-state index in [4.69, 9.17) is 5.26 Å². The third kappa shape index (κ3) is 3.73. The van der Waals surface area contributed by atoms with Crippen LogP contribution >= 0.6 is 0 Å². The Bertz CT molecular complexity index is 308. The molecule has 96 valence electrons. The second-order valence-corrected chi connectivity index (χ2v) is 5.65. The molecular formula is C14H24N2O. The van der Waals surface area contributed by atoms with Crippen LogP contribution in [0.5, 0.6) is 0 Å². The second-order valence-electron chi connectivity index (χ2n) is 5.65. The Morgan fingerprint density at radius 1 is 1.53 bits per heavy atom. The number of carbonyl (C=O) groups is 1. The first-order valence-electron chi connectivity index (χ1n) is 6.71. The fourth-order valence-electron chi connectivity index (χ4n) is 2.47. The van der Waals surface area contributed by atoms with Crippen LogP contribution in [0.2, 0.25) is 0 Å². The predicted molar refractivity (Wildman–Crippen MR) is 68.1 cm³/mol. The van der Waals surface area contributed by atoms with E-state index in [0.717, 1.165) is 12.5 Å². The summed E-state index contributed by atoms with van der Waals surface area (Å²) >= 11 is 0. The van der Waals surface area contributed by atoms with E-state index < -0.39 is 5.41 Å². The van der Waals surface area contributed by atoms with Gasteiger partial charge in [-0.3, -0.25) is 4.79 Å². The summed E-state index contributed by atoms with van der Waals surface area (Å²) < 4.78 is 0. The zero-order valence-corrected chi connectivity index (χ0v) is 11.3. The molecule has 1 aliphatic carbocycles. The summed E-state index contributed by atoms with van der Waals surface area (Å²) in [5.41, 5.74) is -0.861. The molecule has 1 aliphatic rings. The Morgan fingerprint density at radius 2 is 2.24 bits per heavy atom. The third-order valence-electron chi connectivity index (χ3n) is 4.05. The maximum absolute atomic E-state index is 11.9. The van der Waals surface area contributed by atoms with E-state index in [0.29, 0.717) is 12.3 Å². The van der Waals surface area contributed by atoms with E-state index >= 15 is 0 Å². The van der Waals surface area contributed by atoms with E-state index in [2.05, 4.69) is 18.3 Å². The molecule has 1 amide bonds. The maximum Gasteiger partial charge on any atom is 0.240 e. The lowest BCUT2D eigenvalue weighted by Crippen LogP contribution is -2.40. The van der Waals surface area contributed by atoms with Crippen molar-refractivity contribution < 1.29 is 4.79 Å². The van der Waals surface area contributed by atoms with Crippen molar-refractivity contribution in [3.8, 4) is 6.07 Å². The van der Waals surface area contributed by atoms with Crippen LogP contribution in [-0.2, 0) is 4.79 Å². The summed E-state index contributed by atoms with van der Waals surface area (Å²) in [6.07, 6.45) is 5.56. The highest BCUT2D eigenvalue weighted by Crippen LogP contribution is 2.28. The van der Waals surface area contributed by atoms with Crippen LogP contribution in [0.3, 0.4) is 0 Å². The summed E-state index contributed by atoms with van der Waals surface area (Å²) in [6, 6.07) is 2.11. The molecule has 0 spiro atoms. The molecule has 1 saturated carbocycles. The van der Waals surface area contributed by atoms with Crippen molar-refractivity contribution >= 4 is 5.91 Å². The zero-order chi connectivity index (χ0) is 12.9. The topological polar surface area (TPSA) is 52.9 Å². The van der Waals surface area contributed by atoms with Crippen molar-refractivity contribution in [1.82, 2.24) is 5.32 Å². The minimum atomic E-state index is -0.861. The van der Waals surface area contributed by atoms with E-state index in [9.17, 15) is 4.79 Å². The molecule has 3 atom stereocenters. The lowest BCUT2D eigenvalue weighted by molar-refractivity contribution is -0.127. The van der Waals surface area contributed by atoms with Crippen LogP contribution in [0, 0.1) is 28.6 Å². The van der Waals surface area contributed by atoms with Gasteiger partial charge in [-0.05, 0) is 38.0 Å². The van der Waals surface area contributed by atoms with Gasteiger partial charge < -0.3 is 5.32 Å². The lowest BCUT2D eigenvalue weighted by atomic mass is 9.82. The van der Waals surface area contributed by atoms with Crippen molar-refractivity contribution in [3.05, 3.63) is 0 Å². The Labute approximate surface area is 105 Å². The number of amides is 1. The highest BCUT2D eigenvalue weighted by atomic mass is 16.2. The number of nitrogens with zero attached hydrogens (tertiary/aromatic N) is 1. The number of carbonyl (C=O) groups excluding carboxylic acids is 1. The predicted octanol–water partition coefficient (Wildman–Crippen LogP) is 2.87. The first-order valence-corrected chi connectivity index (χ1v) is 6.71. The van der Waals surface area contributed by atoms with Crippen LogP contribution in [0.25, 0.3) is 0 Å². The van der Waals surface area contributed by atoms with Gasteiger partial charge in [-0.1, -0.05) is 26.7 Å². The molecule has 0 aromatic rings. The average Bonchev–Trinajstić information content (AvgIpc) is 2.35.